The van der Waals surface area contributed by atoms with Gasteiger partial charge >= 0.3 is 0 Å². The Hall–Kier alpha value is -0.913. The lowest BCUT2D eigenvalue weighted by Gasteiger charge is -2.50. The number of likely N-dealkylation sites (N-methyl/N-ethyl adjacent to an activating group) is 1. The van der Waals surface area contributed by atoms with Gasteiger partial charge in [-0.25, -0.2) is 0 Å². The first-order chi connectivity index (χ1) is 13.1. The average molecular weight is 419 g/mol. The van der Waals surface area contributed by atoms with Gasteiger partial charge in [0.1, 0.15) is 6.61 Å². The summed E-state index contributed by atoms with van der Waals surface area (Å²) in [5.41, 5.74) is 7.83. The van der Waals surface area contributed by atoms with E-state index in [2.05, 4.69) is 89.8 Å². The standard InChI is InChI=1S/C23H38N2OSSi/c1-15(2)28(16(3)4,17(5)6)25-12-18-10-21(24(7)8)20-14-26-22(27-9)11-19(13-25)23(18)20/h11-13,15-17,21H,10,14H2,1-9H3. The monoisotopic (exact) mass is 418 g/mol. The zero-order valence-corrected chi connectivity index (χ0v) is 21.0. The normalized spacial score (nSPS) is 22.5. The first-order valence-corrected chi connectivity index (χ1v) is 14.0. The van der Waals surface area contributed by atoms with Crippen molar-refractivity contribution in [3.8, 4) is 0 Å². The van der Waals surface area contributed by atoms with Gasteiger partial charge in [0.05, 0.1) is 0 Å². The van der Waals surface area contributed by atoms with Crippen LogP contribution < -0.4 is 0 Å². The molecule has 0 aromatic carbocycles. The van der Waals surface area contributed by atoms with Gasteiger partial charge in [0.2, 0.25) is 0 Å². The molecule has 0 saturated heterocycles. The number of rotatable bonds is 6. The minimum Gasteiger partial charge on any atom is -0.483 e. The van der Waals surface area contributed by atoms with Crippen LogP contribution in [0.2, 0.25) is 16.6 Å². The number of nitrogens with zero attached hydrogens (tertiary/aromatic N) is 2. The van der Waals surface area contributed by atoms with E-state index in [0.29, 0.717) is 29.3 Å². The number of hydrogen-bond acceptors (Lipinski definition) is 4. The summed E-state index contributed by atoms with van der Waals surface area (Å²) in [6.45, 7) is 15.4. The third kappa shape index (κ3) is 3.33. The molecule has 3 aliphatic rings. The second kappa shape index (κ2) is 8.08. The van der Waals surface area contributed by atoms with E-state index in [-0.39, 0.29) is 0 Å². The van der Waals surface area contributed by atoms with Crippen molar-refractivity contribution in [2.24, 2.45) is 0 Å². The molecule has 0 amide bonds. The highest BCUT2D eigenvalue weighted by atomic mass is 32.2. The van der Waals surface area contributed by atoms with Gasteiger partial charge in [-0.05, 0) is 72.4 Å². The van der Waals surface area contributed by atoms with Crippen LogP contribution in [0.3, 0.4) is 0 Å². The zero-order valence-electron chi connectivity index (χ0n) is 19.2. The van der Waals surface area contributed by atoms with E-state index < -0.39 is 8.24 Å². The Morgan fingerprint density at radius 2 is 1.68 bits per heavy atom. The maximum Gasteiger partial charge on any atom is 0.168 e. The quantitative estimate of drug-likeness (QED) is 0.483. The van der Waals surface area contributed by atoms with Gasteiger partial charge < -0.3 is 14.2 Å². The predicted molar refractivity (Wildman–Crippen MR) is 126 cm³/mol. The van der Waals surface area contributed by atoms with E-state index in [1.165, 1.54) is 22.3 Å². The van der Waals surface area contributed by atoms with Crippen molar-refractivity contribution in [1.82, 2.24) is 9.47 Å². The van der Waals surface area contributed by atoms with Gasteiger partial charge in [-0.1, -0.05) is 53.3 Å². The third-order valence-corrected chi connectivity index (χ3v) is 14.3. The summed E-state index contributed by atoms with van der Waals surface area (Å²) >= 11 is 1.71. The number of thioether (sulfide) groups is 1. The van der Waals surface area contributed by atoms with Gasteiger partial charge in [-0.2, -0.15) is 0 Å². The summed E-state index contributed by atoms with van der Waals surface area (Å²) in [4.78, 5) is 2.36. The molecule has 3 nitrogen and oxygen atoms in total. The Kier molecular flexibility index (Phi) is 6.28. The summed E-state index contributed by atoms with van der Waals surface area (Å²) < 4.78 is 8.89. The molecule has 28 heavy (non-hydrogen) atoms. The number of ether oxygens (including phenoxy) is 1. The van der Waals surface area contributed by atoms with Gasteiger partial charge in [0.15, 0.2) is 13.3 Å². The largest absolute Gasteiger partial charge is 0.483 e. The topological polar surface area (TPSA) is 15.7 Å². The Balaban J connectivity index is 2.19. The number of hydrogen-bond donors (Lipinski definition) is 0. The van der Waals surface area contributed by atoms with Crippen LogP contribution in [0.15, 0.2) is 45.9 Å². The van der Waals surface area contributed by atoms with Crippen LogP contribution in [0.5, 0.6) is 0 Å². The second-order valence-electron chi connectivity index (χ2n) is 9.54. The highest BCUT2D eigenvalue weighted by Gasteiger charge is 2.49. The first-order valence-electron chi connectivity index (χ1n) is 10.6. The van der Waals surface area contributed by atoms with Crippen LogP contribution in [0.1, 0.15) is 48.0 Å². The van der Waals surface area contributed by atoms with Gasteiger partial charge in [-0.15, -0.1) is 0 Å². The lowest BCUT2D eigenvalue weighted by Crippen LogP contribution is -2.56. The molecule has 0 N–H and O–H groups in total. The Bertz CT molecular complexity index is 724. The van der Waals surface area contributed by atoms with E-state index in [0.717, 1.165) is 11.5 Å². The van der Waals surface area contributed by atoms with Crippen molar-refractivity contribution < 1.29 is 4.74 Å². The zero-order chi connectivity index (χ0) is 20.8. The van der Waals surface area contributed by atoms with Crippen LogP contribution in [-0.2, 0) is 4.74 Å². The molecule has 156 valence electrons. The number of allylic oxidation sites excluding steroid dienone is 3. The van der Waals surface area contributed by atoms with E-state index in [1.54, 1.807) is 11.8 Å². The maximum atomic E-state index is 6.18. The molecule has 0 spiro atoms. The lowest BCUT2D eigenvalue weighted by atomic mass is 9.98. The van der Waals surface area contributed by atoms with Gasteiger partial charge in [-0.3, -0.25) is 0 Å². The van der Waals surface area contributed by atoms with Gasteiger partial charge in [0.25, 0.3) is 0 Å². The highest BCUT2D eigenvalue weighted by Crippen LogP contribution is 2.50. The molecular weight excluding hydrogens is 380 g/mol. The molecule has 1 aliphatic carbocycles. The summed E-state index contributed by atoms with van der Waals surface area (Å²) in [7, 11) is 2.62. The molecule has 0 aromatic heterocycles. The van der Waals surface area contributed by atoms with Crippen molar-refractivity contribution in [2.75, 3.05) is 27.0 Å². The van der Waals surface area contributed by atoms with Crippen LogP contribution in [0, 0.1) is 0 Å². The van der Waals surface area contributed by atoms with E-state index >= 15 is 0 Å². The highest BCUT2D eigenvalue weighted by molar-refractivity contribution is 8.02. The molecule has 0 fully saturated rings. The van der Waals surface area contributed by atoms with Crippen molar-refractivity contribution in [3.63, 3.8) is 0 Å². The summed E-state index contributed by atoms with van der Waals surface area (Å²) in [6.07, 6.45) is 10.5. The van der Waals surface area contributed by atoms with Crippen molar-refractivity contribution >= 4 is 20.0 Å². The molecule has 1 atom stereocenters. The molecule has 5 heteroatoms. The Morgan fingerprint density at radius 1 is 1.07 bits per heavy atom. The molecule has 0 bridgehead atoms. The third-order valence-electron chi connectivity index (χ3n) is 7.01. The SMILES string of the molecule is CSC1=CC2=CN([Si](C(C)C)(C(C)C)C(C)C)C=C3CC(N(C)C)C(=C23)CO1. The minimum absolute atomic E-state index is 0.437. The van der Waals surface area contributed by atoms with Crippen LogP contribution in [0.4, 0.5) is 0 Å². The molecular formula is C23H38N2OSSi. The smallest absolute Gasteiger partial charge is 0.168 e. The Labute approximate surface area is 177 Å². The van der Waals surface area contributed by atoms with Crippen molar-refractivity contribution in [1.29, 1.82) is 0 Å². The van der Waals surface area contributed by atoms with Crippen molar-refractivity contribution in [3.05, 3.63) is 45.9 Å². The van der Waals surface area contributed by atoms with Crippen LogP contribution in [0.25, 0.3) is 0 Å². The van der Waals surface area contributed by atoms with E-state index in [1.807, 2.05) is 0 Å². The molecule has 0 aromatic rings. The molecule has 0 saturated carbocycles. The van der Waals surface area contributed by atoms with Crippen molar-refractivity contribution in [2.45, 2.75) is 70.6 Å². The predicted octanol–water partition coefficient (Wildman–Crippen LogP) is 6.11. The summed E-state index contributed by atoms with van der Waals surface area (Å²) in [5.74, 6) is 0. The molecule has 1 unspecified atom stereocenters. The van der Waals surface area contributed by atoms with Crippen LogP contribution in [-0.4, -0.2) is 50.7 Å². The molecule has 2 aliphatic heterocycles. The average Bonchev–Trinajstić information content (AvgIpc) is 2.86. The maximum absolute atomic E-state index is 6.18. The fourth-order valence-electron chi connectivity index (χ4n) is 6.04. The summed E-state index contributed by atoms with van der Waals surface area (Å²) in [6, 6.07) is 0.437. The van der Waals surface area contributed by atoms with E-state index in [4.69, 9.17) is 4.74 Å². The summed E-state index contributed by atoms with van der Waals surface area (Å²) in [5, 5.41) is 1.03. The lowest BCUT2D eigenvalue weighted by molar-refractivity contribution is 0.240. The fourth-order valence-corrected chi connectivity index (χ4v) is 13.0. The van der Waals surface area contributed by atoms with E-state index in [9.17, 15) is 0 Å². The molecule has 0 radical (unpaired) electrons. The minimum atomic E-state index is -1.77. The molecule has 2 heterocycles. The van der Waals surface area contributed by atoms with Crippen LogP contribution >= 0.6 is 11.8 Å². The molecule has 3 rings (SSSR count). The Morgan fingerprint density at radius 3 is 2.18 bits per heavy atom. The van der Waals surface area contributed by atoms with Gasteiger partial charge in [0, 0.05) is 17.8 Å². The first kappa shape index (κ1) is 21.8. The second-order valence-corrected chi connectivity index (χ2v) is 16.1. The fraction of sp³-hybridized carbons (Fsp3) is 0.652.